The van der Waals surface area contributed by atoms with Gasteiger partial charge < -0.3 is 4.90 Å². The van der Waals surface area contributed by atoms with Gasteiger partial charge in [-0.2, -0.15) is 0 Å². The molecular formula is C36H71N2+. The molecule has 0 spiro atoms. The van der Waals surface area contributed by atoms with Crippen LogP contribution in [0.3, 0.4) is 0 Å². The molecule has 38 heavy (non-hydrogen) atoms. The fraction of sp³-hybridized carbons (Fsp3) is 0.917. The van der Waals surface area contributed by atoms with E-state index in [0.717, 1.165) is 6.54 Å². The van der Waals surface area contributed by atoms with Gasteiger partial charge in [-0.05, 0) is 12.8 Å². The summed E-state index contributed by atoms with van der Waals surface area (Å²) in [6, 6.07) is 0. The quantitative estimate of drug-likeness (QED) is 0.0659. The van der Waals surface area contributed by atoms with Crippen LogP contribution in [0.2, 0.25) is 0 Å². The lowest BCUT2D eigenvalue weighted by Gasteiger charge is -2.19. The minimum Gasteiger partial charge on any atom is -0.363 e. The van der Waals surface area contributed by atoms with E-state index in [-0.39, 0.29) is 0 Å². The second-order valence-electron chi connectivity index (χ2n) is 12.4. The summed E-state index contributed by atoms with van der Waals surface area (Å²) in [5.41, 5.74) is 0. The highest BCUT2D eigenvalue weighted by Gasteiger charge is 2.09. The predicted molar refractivity (Wildman–Crippen MR) is 173 cm³/mol. The summed E-state index contributed by atoms with van der Waals surface area (Å²) < 4.78 is 2.43. The first-order chi connectivity index (χ1) is 18.9. The number of unbranched alkanes of at least 4 members (excludes halogenated alkanes) is 26. The maximum atomic E-state index is 2.50. The van der Waals surface area contributed by atoms with Gasteiger partial charge in [0.1, 0.15) is 6.54 Å². The van der Waals surface area contributed by atoms with Crippen molar-refractivity contribution in [3.63, 3.8) is 0 Å². The topological polar surface area (TPSA) is 6.25 Å². The lowest BCUT2D eigenvalue weighted by molar-refractivity contribution is -0.457. The van der Waals surface area contributed by atoms with E-state index in [4.69, 9.17) is 0 Å². The molecule has 0 aromatic carbocycles. The van der Waals surface area contributed by atoms with Gasteiger partial charge in [-0.25, -0.2) is 4.58 Å². The first-order valence-corrected chi connectivity index (χ1v) is 17.9. The van der Waals surface area contributed by atoms with Gasteiger partial charge in [-0.3, -0.25) is 0 Å². The highest BCUT2D eigenvalue weighted by molar-refractivity contribution is 5.55. The maximum absolute atomic E-state index is 2.50. The molecule has 1 aliphatic rings. The zero-order valence-corrected chi connectivity index (χ0v) is 26.5. The smallest absolute Gasteiger partial charge is 0.184 e. The summed E-state index contributed by atoms with van der Waals surface area (Å²) in [4.78, 5) is 2.50. The van der Waals surface area contributed by atoms with Crippen LogP contribution in [0.4, 0.5) is 0 Å². The molecule has 1 rings (SSSR count). The number of hydrogen-bond acceptors (Lipinski definition) is 1. The molecule has 2 nitrogen and oxygen atoms in total. The van der Waals surface area contributed by atoms with Gasteiger partial charge in [0.2, 0.25) is 0 Å². The largest absolute Gasteiger partial charge is 0.363 e. The van der Waals surface area contributed by atoms with E-state index in [9.17, 15) is 0 Å². The molecule has 0 saturated heterocycles. The Labute approximate surface area is 241 Å². The third-order valence-corrected chi connectivity index (χ3v) is 8.59. The summed E-state index contributed by atoms with van der Waals surface area (Å²) in [5.74, 6) is 0. The average Bonchev–Trinajstić information content (AvgIpc) is 2.94. The Balaban J connectivity index is 1.79. The van der Waals surface area contributed by atoms with Crippen LogP contribution in [0.1, 0.15) is 194 Å². The van der Waals surface area contributed by atoms with Crippen LogP contribution >= 0.6 is 0 Å². The molecule has 0 N–H and O–H groups in total. The van der Waals surface area contributed by atoms with Crippen molar-refractivity contribution >= 4 is 6.21 Å². The third kappa shape index (κ3) is 24.3. The Kier molecular flexibility index (Phi) is 27.1. The van der Waals surface area contributed by atoms with Gasteiger partial charge in [0.25, 0.3) is 0 Å². The van der Waals surface area contributed by atoms with Crippen molar-refractivity contribution in [2.75, 3.05) is 19.6 Å². The third-order valence-electron chi connectivity index (χ3n) is 8.59. The second kappa shape index (κ2) is 29.2. The molecule has 0 unspecified atom stereocenters. The zero-order chi connectivity index (χ0) is 27.2. The van der Waals surface area contributed by atoms with E-state index < -0.39 is 0 Å². The van der Waals surface area contributed by atoms with Gasteiger partial charge in [0.05, 0.1) is 12.7 Å². The van der Waals surface area contributed by atoms with E-state index >= 15 is 0 Å². The summed E-state index contributed by atoms with van der Waals surface area (Å²) in [7, 11) is 0. The SMILES string of the molecule is CCCCCCCCCCCCCCCCN1C=C[N+](CCCCCCCCCCCCCCCC)=CC1. The fourth-order valence-electron chi connectivity index (χ4n) is 5.84. The normalized spacial score (nSPS) is 13.4. The van der Waals surface area contributed by atoms with Gasteiger partial charge in [-0.1, -0.05) is 174 Å². The minimum atomic E-state index is 1.10. The molecule has 0 aromatic rings. The predicted octanol–water partition coefficient (Wildman–Crippen LogP) is 11.8. The molecule has 0 fully saturated rings. The average molecular weight is 532 g/mol. The second-order valence-corrected chi connectivity index (χ2v) is 12.4. The molecule has 0 atom stereocenters. The van der Waals surface area contributed by atoms with Crippen LogP contribution in [-0.2, 0) is 0 Å². The highest BCUT2D eigenvalue weighted by Crippen LogP contribution is 2.14. The molecule has 1 heterocycles. The Bertz CT molecular complexity index is 523. The Morgan fingerprint density at radius 2 is 0.789 bits per heavy atom. The number of hydrogen-bond donors (Lipinski definition) is 0. The van der Waals surface area contributed by atoms with Crippen molar-refractivity contribution in [2.24, 2.45) is 0 Å². The standard InChI is InChI=1S/C36H71N2/c1-3-5-7-9-11-13-15-17-19-21-23-25-27-29-31-37-33-35-38(36-34-37)32-30-28-26-24-22-20-18-16-14-12-10-8-6-4-2/h33-35H,3-32,36H2,1-2H3/q+1. The van der Waals surface area contributed by atoms with Crippen molar-refractivity contribution in [2.45, 2.75) is 194 Å². The van der Waals surface area contributed by atoms with Crippen molar-refractivity contribution in [1.29, 1.82) is 0 Å². The number of nitrogens with zero attached hydrogens (tertiary/aromatic N) is 2. The van der Waals surface area contributed by atoms with Crippen molar-refractivity contribution in [3.8, 4) is 0 Å². The van der Waals surface area contributed by atoms with Crippen molar-refractivity contribution in [1.82, 2.24) is 4.90 Å². The molecule has 0 aromatic heterocycles. The molecule has 0 radical (unpaired) electrons. The molecule has 0 aliphatic carbocycles. The molecule has 0 amide bonds. The molecule has 2 heteroatoms. The Hall–Kier alpha value is -0.790. The minimum absolute atomic E-state index is 1.10. The van der Waals surface area contributed by atoms with Gasteiger partial charge in [0.15, 0.2) is 12.4 Å². The maximum Gasteiger partial charge on any atom is 0.184 e. The van der Waals surface area contributed by atoms with E-state index in [2.05, 4.69) is 41.9 Å². The summed E-state index contributed by atoms with van der Waals surface area (Å²) in [5, 5.41) is 0. The van der Waals surface area contributed by atoms with Crippen LogP contribution < -0.4 is 0 Å². The van der Waals surface area contributed by atoms with Crippen LogP contribution in [0.15, 0.2) is 12.4 Å². The molecule has 0 bridgehead atoms. The Morgan fingerprint density at radius 1 is 0.447 bits per heavy atom. The molecule has 224 valence electrons. The van der Waals surface area contributed by atoms with Gasteiger partial charge in [-0.15, -0.1) is 0 Å². The van der Waals surface area contributed by atoms with Crippen LogP contribution in [-0.4, -0.2) is 35.3 Å². The van der Waals surface area contributed by atoms with Crippen LogP contribution in [0, 0.1) is 0 Å². The lowest BCUT2D eigenvalue weighted by atomic mass is 10.0. The summed E-state index contributed by atoms with van der Waals surface area (Å²) in [6.45, 7) is 8.16. The summed E-state index contributed by atoms with van der Waals surface area (Å²) >= 11 is 0. The van der Waals surface area contributed by atoms with Crippen molar-refractivity contribution in [3.05, 3.63) is 12.4 Å². The van der Waals surface area contributed by atoms with E-state index in [1.165, 1.54) is 193 Å². The van der Waals surface area contributed by atoms with E-state index in [1.807, 2.05) is 0 Å². The van der Waals surface area contributed by atoms with Gasteiger partial charge >= 0.3 is 0 Å². The highest BCUT2D eigenvalue weighted by atomic mass is 15.2. The first-order valence-electron chi connectivity index (χ1n) is 17.9. The van der Waals surface area contributed by atoms with Crippen LogP contribution in [0.5, 0.6) is 0 Å². The first kappa shape index (κ1) is 35.2. The number of rotatable bonds is 30. The zero-order valence-electron chi connectivity index (χ0n) is 26.5. The Morgan fingerprint density at radius 3 is 1.13 bits per heavy atom. The van der Waals surface area contributed by atoms with Crippen molar-refractivity contribution < 1.29 is 4.58 Å². The van der Waals surface area contributed by atoms with Crippen LogP contribution in [0.25, 0.3) is 0 Å². The molecule has 1 aliphatic heterocycles. The van der Waals surface area contributed by atoms with Gasteiger partial charge in [0, 0.05) is 13.0 Å². The monoisotopic (exact) mass is 532 g/mol. The lowest BCUT2D eigenvalue weighted by Crippen LogP contribution is -2.28. The summed E-state index contributed by atoms with van der Waals surface area (Å²) in [6.07, 6.45) is 47.4. The molecular weight excluding hydrogens is 460 g/mol. The molecule has 0 saturated carbocycles. The fourth-order valence-corrected chi connectivity index (χ4v) is 5.84. The van der Waals surface area contributed by atoms with E-state index in [1.54, 1.807) is 0 Å². The van der Waals surface area contributed by atoms with E-state index in [0.29, 0.717) is 0 Å².